The van der Waals surface area contributed by atoms with Crippen molar-refractivity contribution in [3.05, 3.63) is 34.6 Å². The highest BCUT2D eigenvalue weighted by molar-refractivity contribution is 6.30. The van der Waals surface area contributed by atoms with E-state index in [9.17, 15) is 9.18 Å². The first-order valence-electron chi connectivity index (χ1n) is 7.09. The number of rotatable bonds is 2. The van der Waals surface area contributed by atoms with Crippen molar-refractivity contribution in [2.75, 3.05) is 13.1 Å². The molecular weight excluding hydrogens is 279 g/mol. The third-order valence-electron chi connectivity index (χ3n) is 4.35. The summed E-state index contributed by atoms with van der Waals surface area (Å²) in [4.78, 5) is 14.2. The maximum Gasteiger partial charge on any atom is 0.223 e. The van der Waals surface area contributed by atoms with Crippen LogP contribution in [0.25, 0.3) is 0 Å². The summed E-state index contributed by atoms with van der Waals surface area (Å²) in [7, 11) is 0. The number of nitrogens with one attached hydrogen (secondary N) is 1. The van der Waals surface area contributed by atoms with Crippen LogP contribution in [0.2, 0.25) is 5.02 Å². The smallest absolute Gasteiger partial charge is 0.223 e. The van der Waals surface area contributed by atoms with E-state index >= 15 is 0 Å². The zero-order valence-corrected chi connectivity index (χ0v) is 12.0. The van der Waals surface area contributed by atoms with Crippen LogP contribution in [0.15, 0.2) is 18.2 Å². The predicted octanol–water partition coefficient (Wildman–Crippen LogP) is 2.58. The Morgan fingerprint density at radius 1 is 1.40 bits per heavy atom. The first-order chi connectivity index (χ1) is 9.65. The Kier molecular flexibility index (Phi) is 3.94. The Bertz CT molecular complexity index is 523. The minimum atomic E-state index is -0.417. The molecule has 0 radical (unpaired) electrons. The van der Waals surface area contributed by atoms with Gasteiger partial charge in [0.15, 0.2) is 0 Å². The number of hydrogen-bond donors (Lipinski definition) is 1. The summed E-state index contributed by atoms with van der Waals surface area (Å²) in [5.41, 5.74) is 0.893. The fourth-order valence-corrected chi connectivity index (χ4v) is 3.49. The van der Waals surface area contributed by atoms with Crippen molar-refractivity contribution >= 4 is 17.5 Å². The number of benzene rings is 1. The molecule has 0 aromatic heterocycles. The molecular formula is C15H18ClFN2O. The summed E-state index contributed by atoms with van der Waals surface area (Å²) < 4.78 is 13.2. The minimum absolute atomic E-state index is 0.119. The van der Waals surface area contributed by atoms with Gasteiger partial charge in [-0.15, -0.1) is 0 Å². The van der Waals surface area contributed by atoms with Crippen molar-refractivity contribution < 1.29 is 9.18 Å². The molecule has 0 saturated carbocycles. The van der Waals surface area contributed by atoms with E-state index in [2.05, 4.69) is 5.32 Å². The van der Waals surface area contributed by atoms with E-state index in [0.717, 1.165) is 31.5 Å². The van der Waals surface area contributed by atoms with E-state index in [0.29, 0.717) is 24.9 Å². The fourth-order valence-electron chi connectivity index (χ4n) is 3.29. The Labute approximate surface area is 123 Å². The standard InChI is InChI=1S/C15H18ClFN2O/c16-12-7-10(1-3-13(12)17)9-19-14-5-6-18-8-11(14)2-4-15(19)20/h1,3,7,11,14,18H,2,4-6,8-9H2. The molecule has 1 N–H and O–H groups in total. The van der Waals surface area contributed by atoms with Crippen molar-refractivity contribution in [1.82, 2.24) is 10.2 Å². The molecule has 3 nitrogen and oxygen atoms in total. The van der Waals surface area contributed by atoms with Crippen LogP contribution < -0.4 is 5.32 Å². The van der Waals surface area contributed by atoms with Gasteiger partial charge in [-0.3, -0.25) is 4.79 Å². The summed E-state index contributed by atoms with van der Waals surface area (Å²) in [5, 5.41) is 3.51. The predicted molar refractivity (Wildman–Crippen MR) is 76.0 cm³/mol. The Hall–Kier alpha value is -1.13. The molecule has 2 atom stereocenters. The third-order valence-corrected chi connectivity index (χ3v) is 4.64. The topological polar surface area (TPSA) is 32.3 Å². The van der Waals surface area contributed by atoms with Crippen LogP contribution in [-0.4, -0.2) is 29.9 Å². The van der Waals surface area contributed by atoms with Gasteiger partial charge < -0.3 is 10.2 Å². The number of hydrogen-bond acceptors (Lipinski definition) is 2. The molecule has 1 aromatic rings. The van der Waals surface area contributed by atoms with Crippen LogP contribution >= 0.6 is 11.6 Å². The molecule has 0 spiro atoms. The highest BCUT2D eigenvalue weighted by Crippen LogP contribution is 2.30. The average molecular weight is 297 g/mol. The SMILES string of the molecule is O=C1CCC2CNCCC2N1Cc1ccc(F)c(Cl)c1. The van der Waals surface area contributed by atoms with Crippen LogP contribution in [-0.2, 0) is 11.3 Å². The van der Waals surface area contributed by atoms with E-state index in [1.165, 1.54) is 6.07 Å². The maximum absolute atomic E-state index is 13.2. The van der Waals surface area contributed by atoms with Gasteiger partial charge in [-0.2, -0.15) is 0 Å². The summed E-state index contributed by atoms with van der Waals surface area (Å²) in [6.07, 6.45) is 2.57. The largest absolute Gasteiger partial charge is 0.335 e. The molecule has 2 aliphatic heterocycles. The van der Waals surface area contributed by atoms with Crippen molar-refractivity contribution in [1.29, 1.82) is 0 Å². The zero-order valence-electron chi connectivity index (χ0n) is 11.2. The monoisotopic (exact) mass is 296 g/mol. The van der Waals surface area contributed by atoms with Crippen molar-refractivity contribution in [2.24, 2.45) is 5.92 Å². The van der Waals surface area contributed by atoms with Crippen molar-refractivity contribution in [2.45, 2.75) is 31.8 Å². The molecule has 2 heterocycles. The lowest BCUT2D eigenvalue weighted by Crippen LogP contribution is -2.54. The average Bonchev–Trinajstić information content (AvgIpc) is 2.46. The third kappa shape index (κ3) is 2.67. The number of likely N-dealkylation sites (tertiary alicyclic amines) is 1. The summed E-state index contributed by atoms with van der Waals surface area (Å²) in [5.74, 6) is 0.325. The van der Waals surface area contributed by atoms with E-state index in [4.69, 9.17) is 11.6 Å². The lowest BCUT2D eigenvalue weighted by Gasteiger charge is -2.44. The lowest BCUT2D eigenvalue weighted by atomic mass is 9.84. The number of carbonyl (C=O) groups excluding carboxylic acids is 1. The van der Waals surface area contributed by atoms with Crippen LogP contribution in [0.4, 0.5) is 4.39 Å². The molecule has 1 aromatic carbocycles. The number of halogens is 2. The number of fused-ring (bicyclic) bond motifs is 1. The van der Waals surface area contributed by atoms with Gasteiger partial charge in [0, 0.05) is 19.0 Å². The number of carbonyl (C=O) groups is 1. The van der Waals surface area contributed by atoms with Gasteiger partial charge in [0.25, 0.3) is 0 Å². The van der Waals surface area contributed by atoms with Gasteiger partial charge in [-0.1, -0.05) is 17.7 Å². The number of nitrogens with zero attached hydrogens (tertiary/aromatic N) is 1. The second-order valence-corrected chi connectivity index (χ2v) is 6.04. The first-order valence-corrected chi connectivity index (χ1v) is 7.47. The molecule has 2 unspecified atom stereocenters. The Morgan fingerprint density at radius 3 is 3.05 bits per heavy atom. The van der Waals surface area contributed by atoms with E-state index in [-0.39, 0.29) is 10.9 Å². The minimum Gasteiger partial charge on any atom is -0.335 e. The normalized spacial score (nSPS) is 26.5. The van der Waals surface area contributed by atoms with E-state index < -0.39 is 5.82 Å². The number of amides is 1. The molecule has 0 bridgehead atoms. The maximum atomic E-state index is 13.2. The van der Waals surface area contributed by atoms with Crippen molar-refractivity contribution in [3.8, 4) is 0 Å². The molecule has 2 saturated heterocycles. The molecule has 2 fully saturated rings. The van der Waals surface area contributed by atoms with E-state index in [1.807, 2.05) is 4.90 Å². The van der Waals surface area contributed by atoms with Crippen LogP contribution in [0, 0.1) is 11.7 Å². The highest BCUT2D eigenvalue weighted by Gasteiger charge is 2.36. The van der Waals surface area contributed by atoms with Gasteiger partial charge in [-0.05, 0) is 49.5 Å². The van der Waals surface area contributed by atoms with Gasteiger partial charge in [0.1, 0.15) is 5.82 Å². The summed E-state index contributed by atoms with van der Waals surface area (Å²) in [6.45, 7) is 2.47. The lowest BCUT2D eigenvalue weighted by molar-refractivity contribution is -0.140. The van der Waals surface area contributed by atoms with Gasteiger partial charge in [0.05, 0.1) is 5.02 Å². The molecule has 2 aliphatic rings. The van der Waals surface area contributed by atoms with E-state index in [1.54, 1.807) is 12.1 Å². The molecule has 0 aliphatic carbocycles. The van der Waals surface area contributed by atoms with Crippen molar-refractivity contribution in [3.63, 3.8) is 0 Å². The first kappa shape index (κ1) is 13.8. The molecule has 3 rings (SSSR count). The second kappa shape index (κ2) is 5.70. The zero-order chi connectivity index (χ0) is 14.1. The van der Waals surface area contributed by atoms with Crippen LogP contribution in [0.5, 0.6) is 0 Å². The number of piperidine rings is 2. The van der Waals surface area contributed by atoms with Gasteiger partial charge in [0.2, 0.25) is 5.91 Å². The second-order valence-electron chi connectivity index (χ2n) is 5.63. The van der Waals surface area contributed by atoms with Gasteiger partial charge in [-0.25, -0.2) is 4.39 Å². The van der Waals surface area contributed by atoms with Crippen LogP contribution in [0.1, 0.15) is 24.8 Å². The summed E-state index contributed by atoms with van der Waals surface area (Å²) >= 11 is 5.82. The molecule has 5 heteroatoms. The Morgan fingerprint density at radius 2 is 2.25 bits per heavy atom. The molecule has 20 heavy (non-hydrogen) atoms. The Balaban J connectivity index is 1.79. The highest BCUT2D eigenvalue weighted by atomic mass is 35.5. The van der Waals surface area contributed by atoms with Crippen LogP contribution in [0.3, 0.4) is 0 Å². The summed E-state index contributed by atoms with van der Waals surface area (Å²) in [6, 6.07) is 5.00. The van der Waals surface area contributed by atoms with Gasteiger partial charge >= 0.3 is 0 Å². The molecule has 108 valence electrons. The quantitative estimate of drug-likeness (QED) is 0.910. The fraction of sp³-hybridized carbons (Fsp3) is 0.533. The molecule has 1 amide bonds.